The van der Waals surface area contributed by atoms with Gasteiger partial charge < -0.3 is 20.3 Å². The molecule has 1 saturated heterocycles. The normalized spacial score (nSPS) is 26.6. The lowest BCUT2D eigenvalue weighted by Crippen LogP contribution is -2.60. The number of carbonyl (C=O) groups is 2. The Labute approximate surface area is 185 Å². The molecule has 2 aliphatic rings. The summed E-state index contributed by atoms with van der Waals surface area (Å²) in [5, 5.41) is 6.15. The molecule has 6 nitrogen and oxygen atoms in total. The highest BCUT2D eigenvalue weighted by Crippen LogP contribution is 2.31. The van der Waals surface area contributed by atoms with E-state index in [0.29, 0.717) is 34.7 Å². The van der Waals surface area contributed by atoms with Gasteiger partial charge in [-0.3, -0.25) is 9.59 Å². The van der Waals surface area contributed by atoms with Gasteiger partial charge in [-0.15, -0.1) is 11.3 Å². The first kappa shape index (κ1) is 21.3. The SMILES string of the molecule is CC1CN(C)CC(NC(=O)C2(NC(=O)c3ccc(Cl)s3)CCOC2)c2ccccc21. The van der Waals surface area contributed by atoms with Crippen LogP contribution in [0.4, 0.5) is 0 Å². The minimum Gasteiger partial charge on any atom is -0.378 e. The summed E-state index contributed by atoms with van der Waals surface area (Å²) < 4.78 is 6.07. The van der Waals surface area contributed by atoms with Gasteiger partial charge in [0.1, 0.15) is 5.54 Å². The van der Waals surface area contributed by atoms with E-state index in [-0.39, 0.29) is 24.5 Å². The van der Waals surface area contributed by atoms with Crippen molar-refractivity contribution < 1.29 is 14.3 Å². The van der Waals surface area contributed by atoms with E-state index in [2.05, 4.69) is 41.6 Å². The Morgan fingerprint density at radius 1 is 1.20 bits per heavy atom. The predicted octanol–water partition coefficient (Wildman–Crippen LogP) is 3.20. The van der Waals surface area contributed by atoms with Crippen LogP contribution in [0, 0.1) is 0 Å². The summed E-state index contributed by atoms with van der Waals surface area (Å²) in [5.41, 5.74) is 1.30. The van der Waals surface area contributed by atoms with E-state index in [4.69, 9.17) is 16.3 Å². The van der Waals surface area contributed by atoms with Crippen molar-refractivity contribution in [3.05, 3.63) is 56.7 Å². The molecule has 2 aromatic rings. The van der Waals surface area contributed by atoms with Crippen LogP contribution in [0.1, 0.15) is 46.1 Å². The molecule has 3 atom stereocenters. The van der Waals surface area contributed by atoms with E-state index in [9.17, 15) is 9.59 Å². The molecule has 2 N–H and O–H groups in total. The van der Waals surface area contributed by atoms with Crippen LogP contribution in [0.25, 0.3) is 0 Å². The number of fused-ring (bicyclic) bond motifs is 1. The summed E-state index contributed by atoms with van der Waals surface area (Å²) in [6.45, 7) is 4.42. The largest absolute Gasteiger partial charge is 0.378 e. The van der Waals surface area contributed by atoms with E-state index in [0.717, 1.165) is 12.1 Å². The molecular weight excluding hydrogens is 422 g/mol. The second kappa shape index (κ2) is 8.67. The molecule has 3 heterocycles. The molecule has 0 spiro atoms. The summed E-state index contributed by atoms with van der Waals surface area (Å²) in [5.74, 6) is -0.140. The van der Waals surface area contributed by atoms with Gasteiger partial charge in [-0.25, -0.2) is 0 Å². The van der Waals surface area contributed by atoms with Gasteiger partial charge in [-0.2, -0.15) is 0 Å². The van der Waals surface area contributed by atoms with Gasteiger partial charge in [0.25, 0.3) is 5.91 Å². The van der Waals surface area contributed by atoms with Gasteiger partial charge in [0.15, 0.2) is 0 Å². The van der Waals surface area contributed by atoms with Crippen LogP contribution in [-0.2, 0) is 9.53 Å². The first-order valence-electron chi connectivity index (χ1n) is 10.1. The quantitative estimate of drug-likeness (QED) is 0.755. The van der Waals surface area contributed by atoms with E-state index < -0.39 is 5.54 Å². The van der Waals surface area contributed by atoms with Crippen molar-refractivity contribution >= 4 is 34.8 Å². The number of likely N-dealkylation sites (N-methyl/N-ethyl adjacent to an activating group) is 1. The van der Waals surface area contributed by atoms with Crippen molar-refractivity contribution in [2.45, 2.75) is 30.8 Å². The summed E-state index contributed by atoms with van der Waals surface area (Å²) in [6, 6.07) is 11.5. The summed E-state index contributed by atoms with van der Waals surface area (Å²) in [7, 11) is 2.07. The van der Waals surface area contributed by atoms with Gasteiger partial charge in [0, 0.05) is 26.1 Å². The number of thiophene rings is 1. The minimum absolute atomic E-state index is 0.157. The molecule has 1 aromatic carbocycles. The summed E-state index contributed by atoms with van der Waals surface area (Å²) in [6.07, 6.45) is 0.435. The molecule has 3 unspecified atom stereocenters. The van der Waals surface area contributed by atoms with Crippen molar-refractivity contribution in [2.24, 2.45) is 0 Å². The zero-order chi connectivity index (χ0) is 21.3. The third kappa shape index (κ3) is 4.25. The first-order chi connectivity index (χ1) is 14.4. The first-order valence-corrected chi connectivity index (χ1v) is 11.3. The Bertz CT molecular complexity index is 941. The van der Waals surface area contributed by atoms with Gasteiger partial charge >= 0.3 is 0 Å². The molecule has 2 amide bonds. The highest BCUT2D eigenvalue weighted by Gasteiger charge is 2.45. The van der Waals surface area contributed by atoms with E-state index >= 15 is 0 Å². The fourth-order valence-electron chi connectivity index (χ4n) is 4.36. The zero-order valence-corrected chi connectivity index (χ0v) is 18.7. The highest BCUT2D eigenvalue weighted by atomic mass is 35.5. The van der Waals surface area contributed by atoms with E-state index in [1.165, 1.54) is 16.9 Å². The molecule has 0 saturated carbocycles. The summed E-state index contributed by atoms with van der Waals surface area (Å²) >= 11 is 7.16. The van der Waals surface area contributed by atoms with Crippen LogP contribution in [0.3, 0.4) is 0 Å². The standard InChI is InChI=1S/C22H26ClN3O3S/c1-14-11-26(2)12-17(16-6-4-3-5-15(14)16)24-21(28)22(9-10-29-13-22)25-20(27)18-7-8-19(23)30-18/h3-8,14,17H,9-13H2,1-2H3,(H,24,28)(H,25,27). The number of hydrogen-bond donors (Lipinski definition) is 2. The Hall–Kier alpha value is -1.93. The molecule has 1 aromatic heterocycles. The minimum atomic E-state index is -1.08. The maximum absolute atomic E-state index is 13.5. The van der Waals surface area contributed by atoms with E-state index in [1.54, 1.807) is 12.1 Å². The molecule has 0 radical (unpaired) electrons. The number of ether oxygens (including phenoxy) is 1. The summed E-state index contributed by atoms with van der Waals surface area (Å²) in [4.78, 5) is 28.9. The number of nitrogens with one attached hydrogen (secondary N) is 2. The molecule has 160 valence electrons. The van der Waals surface area contributed by atoms with Crippen LogP contribution in [0.2, 0.25) is 4.34 Å². The number of carbonyl (C=O) groups excluding carboxylic acids is 2. The van der Waals surface area contributed by atoms with Gasteiger partial charge in [-0.1, -0.05) is 42.8 Å². The maximum atomic E-state index is 13.5. The van der Waals surface area contributed by atoms with Crippen LogP contribution >= 0.6 is 22.9 Å². The van der Waals surface area contributed by atoms with Crippen LogP contribution in [0.15, 0.2) is 36.4 Å². The van der Waals surface area contributed by atoms with E-state index in [1.807, 2.05) is 12.1 Å². The number of amides is 2. The molecule has 4 rings (SSSR count). The molecule has 0 bridgehead atoms. The van der Waals surface area contributed by atoms with Crippen molar-refractivity contribution in [3.8, 4) is 0 Å². The van der Waals surface area contributed by atoms with Crippen molar-refractivity contribution in [1.82, 2.24) is 15.5 Å². The maximum Gasteiger partial charge on any atom is 0.262 e. The fraction of sp³-hybridized carbons (Fsp3) is 0.455. The Morgan fingerprint density at radius 2 is 1.97 bits per heavy atom. The highest BCUT2D eigenvalue weighted by molar-refractivity contribution is 7.18. The third-order valence-electron chi connectivity index (χ3n) is 5.89. The molecule has 2 aliphatic heterocycles. The van der Waals surface area contributed by atoms with Gasteiger partial charge in [-0.05, 0) is 36.2 Å². The monoisotopic (exact) mass is 447 g/mol. The lowest BCUT2D eigenvalue weighted by molar-refractivity contribution is -0.128. The Morgan fingerprint density at radius 3 is 2.63 bits per heavy atom. The zero-order valence-electron chi connectivity index (χ0n) is 17.1. The van der Waals surface area contributed by atoms with Gasteiger partial charge in [0.05, 0.1) is 21.9 Å². The number of rotatable bonds is 4. The molecular formula is C22H26ClN3O3S. The van der Waals surface area contributed by atoms with Gasteiger partial charge in [0.2, 0.25) is 5.91 Å². The third-order valence-corrected chi connectivity index (χ3v) is 7.12. The van der Waals surface area contributed by atoms with Crippen LogP contribution in [0.5, 0.6) is 0 Å². The predicted molar refractivity (Wildman–Crippen MR) is 118 cm³/mol. The number of nitrogens with zero attached hydrogens (tertiary/aromatic N) is 1. The lowest BCUT2D eigenvalue weighted by atomic mass is 9.92. The topological polar surface area (TPSA) is 70.7 Å². The second-order valence-electron chi connectivity index (χ2n) is 8.22. The Kier molecular flexibility index (Phi) is 6.16. The average molecular weight is 448 g/mol. The fourth-order valence-corrected chi connectivity index (χ4v) is 5.30. The molecule has 1 fully saturated rings. The number of halogens is 1. The molecule has 0 aliphatic carbocycles. The average Bonchev–Trinajstić information content (AvgIpc) is 3.34. The van der Waals surface area contributed by atoms with Crippen molar-refractivity contribution in [3.63, 3.8) is 0 Å². The number of hydrogen-bond acceptors (Lipinski definition) is 5. The van der Waals surface area contributed by atoms with Crippen molar-refractivity contribution in [2.75, 3.05) is 33.4 Å². The number of benzene rings is 1. The van der Waals surface area contributed by atoms with Crippen LogP contribution in [-0.4, -0.2) is 55.6 Å². The lowest BCUT2D eigenvalue weighted by Gasteiger charge is -2.31. The molecule has 30 heavy (non-hydrogen) atoms. The van der Waals surface area contributed by atoms with Crippen molar-refractivity contribution in [1.29, 1.82) is 0 Å². The molecule has 8 heteroatoms. The second-order valence-corrected chi connectivity index (χ2v) is 9.93. The Balaban J connectivity index is 1.57. The smallest absolute Gasteiger partial charge is 0.262 e. The van der Waals surface area contributed by atoms with Crippen LogP contribution < -0.4 is 10.6 Å².